The molecule has 162 valence electrons. The molecule has 0 N–H and O–H groups in total. The summed E-state index contributed by atoms with van der Waals surface area (Å²) in [5, 5.41) is 6.80. The van der Waals surface area contributed by atoms with Gasteiger partial charge in [-0.25, -0.2) is 4.68 Å². The highest BCUT2D eigenvalue weighted by molar-refractivity contribution is 7.99. The molecule has 5 rings (SSSR count). The first-order valence-corrected chi connectivity index (χ1v) is 12.3. The predicted molar refractivity (Wildman–Crippen MR) is 137 cm³/mol. The van der Waals surface area contributed by atoms with Crippen molar-refractivity contribution in [1.29, 1.82) is 0 Å². The highest BCUT2D eigenvalue weighted by Crippen LogP contribution is 2.37. The summed E-state index contributed by atoms with van der Waals surface area (Å²) in [7, 11) is 0. The number of allylic oxidation sites excluding steroid dienone is 1. The van der Waals surface area contributed by atoms with Crippen LogP contribution in [-0.2, 0) is 0 Å². The summed E-state index contributed by atoms with van der Waals surface area (Å²) in [6.45, 7) is 1.96. The summed E-state index contributed by atoms with van der Waals surface area (Å²) in [6, 6.07) is 23.6. The first kappa shape index (κ1) is 21.6. The molecule has 3 heterocycles. The van der Waals surface area contributed by atoms with Gasteiger partial charge in [-0.3, -0.25) is 9.78 Å². The second-order valence-corrected chi connectivity index (χ2v) is 10.0. The van der Waals surface area contributed by atoms with Gasteiger partial charge in [0.1, 0.15) is 5.03 Å². The highest BCUT2D eigenvalue weighted by atomic mass is 35.5. The van der Waals surface area contributed by atoms with Crippen molar-refractivity contribution in [3.8, 4) is 5.69 Å². The summed E-state index contributed by atoms with van der Waals surface area (Å²) in [5.74, 6) is -0.0819. The Hall–Kier alpha value is -3.19. The number of para-hydroxylation sites is 2. The molecule has 0 bridgehead atoms. The number of pyridine rings is 1. The van der Waals surface area contributed by atoms with Crippen molar-refractivity contribution in [3.63, 3.8) is 0 Å². The molecule has 0 aliphatic carbocycles. The SMILES string of the molecule is Cc1nn(-c2ccccc2)c(Sc2cccc3cccnc23)c1/C=C/C(=O)c1ccc(Cl)s1. The monoisotopic (exact) mass is 487 g/mol. The van der Waals surface area contributed by atoms with E-state index in [0.717, 1.165) is 37.8 Å². The van der Waals surface area contributed by atoms with Crippen LogP contribution in [0.15, 0.2) is 95.0 Å². The summed E-state index contributed by atoms with van der Waals surface area (Å²) in [4.78, 5) is 18.9. The number of ketones is 1. The fourth-order valence-corrected chi connectivity index (χ4v) is 5.65. The first-order valence-electron chi connectivity index (χ1n) is 10.2. The van der Waals surface area contributed by atoms with E-state index in [4.69, 9.17) is 16.7 Å². The lowest BCUT2D eigenvalue weighted by Gasteiger charge is -2.10. The van der Waals surface area contributed by atoms with Gasteiger partial charge in [-0.05, 0) is 55.5 Å². The van der Waals surface area contributed by atoms with Crippen LogP contribution in [0.5, 0.6) is 0 Å². The maximum Gasteiger partial charge on any atom is 0.195 e. The Labute approximate surface area is 204 Å². The first-order chi connectivity index (χ1) is 16.1. The number of hydrogen-bond donors (Lipinski definition) is 0. The van der Waals surface area contributed by atoms with Gasteiger partial charge in [0, 0.05) is 22.0 Å². The van der Waals surface area contributed by atoms with E-state index < -0.39 is 0 Å². The molecule has 3 aromatic heterocycles. The van der Waals surface area contributed by atoms with Crippen molar-refractivity contribution < 1.29 is 4.79 Å². The van der Waals surface area contributed by atoms with Crippen LogP contribution in [0.1, 0.15) is 20.9 Å². The van der Waals surface area contributed by atoms with Crippen molar-refractivity contribution in [1.82, 2.24) is 14.8 Å². The van der Waals surface area contributed by atoms with Crippen LogP contribution >= 0.6 is 34.7 Å². The zero-order chi connectivity index (χ0) is 22.8. The molecule has 0 saturated heterocycles. The number of thiophene rings is 1. The molecule has 33 heavy (non-hydrogen) atoms. The number of aromatic nitrogens is 3. The van der Waals surface area contributed by atoms with E-state index in [0.29, 0.717) is 9.21 Å². The number of carbonyl (C=O) groups excluding carboxylic acids is 1. The number of halogens is 1. The number of aryl methyl sites for hydroxylation is 1. The van der Waals surface area contributed by atoms with Gasteiger partial charge < -0.3 is 0 Å². The van der Waals surface area contributed by atoms with Crippen LogP contribution in [0.4, 0.5) is 0 Å². The molecule has 0 atom stereocenters. The quantitative estimate of drug-likeness (QED) is 0.184. The predicted octanol–water partition coefficient (Wildman–Crippen LogP) is 7.49. The zero-order valence-electron chi connectivity index (χ0n) is 17.6. The van der Waals surface area contributed by atoms with Crippen molar-refractivity contribution in [2.24, 2.45) is 0 Å². The number of carbonyl (C=O) groups is 1. The minimum atomic E-state index is -0.0819. The van der Waals surface area contributed by atoms with Crippen molar-refractivity contribution >= 4 is 57.5 Å². The number of rotatable bonds is 6. The van der Waals surface area contributed by atoms with Gasteiger partial charge in [0.15, 0.2) is 5.78 Å². The van der Waals surface area contributed by atoms with Crippen molar-refractivity contribution in [3.05, 3.63) is 106 Å². The lowest BCUT2D eigenvalue weighted by molar-refractivity contribution is 0.105. The summed E-state index contributed by atoms with van der Waals surface area (Å²) < 4.78 is 2.52. The van der Waals surface area contributed by atoms with E-state index in [1.54, 1.807) is 36.2 Å². The van der Waals surface area contributed by atoms with E-state index in [1.165, 1.54) is 11.3 Å². The Bertz CT molecular complexity index is 1480. The molecule has 7 heteroatoms. The third-order valence-electron chi connectivity index (χ3n) is 5.08. The van der Waals surface area contributed by atoms with E-state index in [-0.39, 0.29) is 5.78 Å². The van der Waals surface area contributed by atoms with Gasteiger partial charge in [-0.2, -0.15) is 5.10 Å². The van der Waals surface area contributed by atoms with Gasteiger partial charge in [-0.15, -0.1) is 11.3 Å². The standard InChI is InChI=1S/C26H18ClN3OS2/c1-17-20(12-13-21(31)22-14-15-24(27)32-22)26(30(29-17)19-9-3-2-4-10-19)33-23-11-5-7-18-8-6-16-28-25(18)23/h2-16H,1H3/b13-12+. The topological polar surface area (TPSA) is 47.8 Å². The molecule has 2 aromatic carbocycles. The highest BCUT2D eigenvalue weighted by Gasteiger charge is 2.18. The molecule has 0 aliphatic heterocycles. The summed E-state index contributed by atoms with van der Waals surface area (Å²) >= 11 is 8.87. The normalized spacial score (nSPS) is 11.5. The van der Waals surface area contributed by atoms with E-state index in [1.807, 2.05) is 60.1 Å². The Balaban J connectivity index is 1.61. The minimum Gasteiger partial charge on any atom is -0.288 e. The van der Waals surface area contributed by atoms with E-state index >= 15 is 0 Å². The smallest absolute Gasteiger partial charge is 0.195 e. The second-order valence-electron chi connectivity index (χ2n) is 7.29. The number of nitrogens with zero attached hydrogens (tertiary/aromatic N) is 3. The van der Waals surface area contributed by atoms with Gasteiger partial charge in [0.25, 0.3) is 0 Å². The lowest BCUT2D eigenvalue weighted by atomic mass is 10.2. The molecule has 0 amide bonds. The number of benzene rings is 2. The second kappa shape index (κ2) is 9.35. The third kappa shape index (κ3) is 4.50. The molecule has 5 aromatic rings. The van der Waals surface area contributed by atoms with Gasteiger partial charge >= 0.3 is 0 Å². The van der Waals surface area contributed by atoms with E-state index in [9.17, 15) is 4.79 Å². The molecule has 0 spiro atoms. The fraction of sp³-hybridized carbons (Fsp3) is 0.0385. The van der Waals surface area contributed by atoms with Gasteiger partial charge in [-0.1, -0.05) is 59.8 Å². The lowest BCUT2D eigenvalue weighted by Crippen LogP contribution is -1.98. The fourth-order valence-electron chi connectivity index (χ4n) is 3.50. The van der Waals surface area contributed by atoms with Crippen LogP contribution in [0.25, 0.3) is 22.7 Å². The van der Waals surface area contributed by atoms with Crippen molar-refractivity contribution in [2.75, 3.05) is 0 Å². The average Bonchev–Trinajstić information content (AvgIpc) is 3.41. The molecule has 0 radical (unpaired) electrons. The minimum absolute atomic E-state index is 0.0819. The van der Waals surface area contributed by atoms with Crippen LogP contribution in [-0.4, -0.2) is 20.5 Å². The Morgan fingerprint density at radius 1 is 1.03 bits per heavy atom. The third-order valence-corrected chi connectivity index (χ3v) is 7.46. The molecule has 0 fully saturated rings. The molecule has 0 unspecified atom stereocenters. The Kier molecular flexibility index (Phi) is 6.13. The molecule has 0 saturated carbocycles. The van der Waals surface area contributed by atoms with Crippen LogP contribution in [0.2, 0.25) is 4.34 Å². The number of fused-ring (bicyclic) bond motifs is 1. The maximum atomic E-state index is 12.7. The average molecular weight is 488 g/mol. The maximum absolute atomic E-state index is 12.7. The molecular formula is C26H18ClN3OS2. The Morgan fingerprint density at radius 2 is 1.85 bits per heavy atom. The van der Waals surface area contributed by atoms with Gasteiger partial charge in [0.05, 0.1) is 26.1 Å². The zero-order valence-corrected chi connectivity index (χ0v) is 20.0. The van der Waals surface area contributed by atoms with Gasteiger partial charge in [0.2, 0.25) is 0 Å². The summed E-state index contributed by atoms with van der Waals surface area (Å²) in [6.07, 6.45) is 5.24. The number of hydrogen-bond acceptors (Lipinski definition) is 5. The van der Waals surface area contributed by atoms with Crippen molar-refractivity contribution in [2.45, 2.75) is 16.8 Å². The molecule has 4 nitrogen and oxygen atoms in total. The molecular weight excluding hydrogens is 470 g/mol. The summed E-state index contributed by atoms with van der Waals surface area (Å²) in [5.41, 5.74) is 3.62. The van der Waals surface area contributed by atoms with Crippen LogP contribution in [0.3, 0.4) is 0 Å². The molecule has 0 aliphatic rings. The van der Waals surface area contributed by atoms with Crippen LogP contribution in [0, 0.1) is 6.92 Å². The Morgan fingerprint density at radius 3 is 2.64 bits per heavy atom. The van der Waals surface area contributed by atoms with Crippen LogP contribution < -0.4 is 0 Å². The largest absolute Gasteiger partial charge is 0.288 e. The van der Waals surface area contributed by atoms with E-state index in [2.05, 4.69) is 23.2 Å².